The van der Waals surface area contributed by atoms with Gasteiger partial charge in [0, 0.05) is 47.6 Å². The average Bonchev–Trinajstić information content (AvgIpc) is 3.70. The van der Waals surface area contributed by atoms with Crippen molar-refractivity contribution in [2.24, 2.45) is 0 Å². The van der Waals surface area contributed by atoms with Crippen molar-refractivity contribution in [1.82, 2.24) is 19.5 Å². The van der Waals surface area contributed by atoms with Crippen LogP contribution in [0.3, 0.4) is 0 Å². The minimum atomic E-state index is 0.666. The molecule has 6 aromatic carbocycles. The number of fused-ring (bicyclic) bond motifs is 6. The summed E-state index contributed by atoms with van der Waals surface area (Å²) in [7, 11) is 0. The first kappa shape index (κ1) is 28.6. The molecule has 0 unspecified atom stereocenters. The van der Waals surface area contributed by atoms with Crippen molar-refractivity contribution in [3.05, 3.63) is 145 Å². The van der Waals surface area contributed by atoms with Gasteiger partial charge in [0.25, 0.3) is 0 Å². The minimum Gasteiger partial charge on any atom is -0.309 e. The molecule has 0 bridgehead atoms. The Balaban J connectivity index is 1.26. The number of aryl methyl sites for hydroxylation is 2. The number of benzene rings is 6. The summed E-state index contributed by atoms with van der Waals surface area (Å²) in [6.45, 7) is 4.34. The topological polar surface area (TPSA) is 43.6 Å². The molecule has 0 radical (unpaired) electrons. The lowest BCUT2D eigenvalue weighted by Gasteiger charge is -2.11. The molecule has 3 heterocycles. The van der Waals surface area contributed by atoms with Crippen molar-refractivity contribution >= 4 is 53.3 Å². The molecule has 0 spiro atoms. The number of thiophene rings is 1. The highest BCUT2D eigenvalue weighted by molar-refractivity contribution is 7.25. The molecule has 0 aliphatic rings. The lowest BCUT2D eigenvalue weighted by molar-refractivity contribution is 1.07. The Kier molecular flexibility index (Phi) is 6.87. The van der Waals surface area contributed by atoms with Crippen LogP contribution < -0.4 is 0 Å². The van der Waals surface area contributed by atoms with Gasteiger partial charge in [-0.2, -0.15) is 0 Å². The van der Waals surface area contributed by atoms with E-state index in [1.54, 1.807) is 0 Å². The predicted molar refractivity (Wildman–Crippen MR) is 202 cm³/mol. The molecule has 5 heteroatoms. The third-order valence-corrected chi connectivity index (χ3v) is 10.6. The summed E-state index contributed by atoms with van der Waals surface area (Å²) in [5.41, 5.74) is 9.03. The zero-order valence-electron chi connectivity index (χ0n) is 26.8. The SMILES string of the molecule is CCc1ccc(-c2nc(-c3ccc(CC)cc3)nc(-c3ccc4c(c3)c3ccccc3n4-c3cccc4sc5ccccc5c34)n2)cc1. The Morgan fingerprint density at radius 3 is 1.69 bits per heavy atom. The fraction of sp³-hybridized carbons (Fsp3) is 0.0930. The van der Waals surface area contributed by atoms with Gasteiger partial charge < -0.3 is 4.57 Å². The van der Waals surface area contributed by atoms with E-state index >= 15 is 0 Å². The molecule has 9 rings (SSSR count). The molecule has 4 nitrogen and oxygen atoms in total. The standard InChI is InChI=1S/C43H32N4S/c1-3-27-16-20-29(21-17-27)41-44-42(30-22-18-28(4-2)19-23-30)46-43(45-41)31-24-25-36-34(26-31)32-10-5-7-12-35(32)47(36)37-13-9-15-39-40(37)33-11-6-8-14-38(33)48-39/h5-26H,3-4H2,1-2H3. The van der Waals surface area contributed by atoms with E-state index in [1.807, 2.05) is 11.3 Å². The Labute approximate surface area is 283 Å². The second kappa shape index (κ2) is 11.5. The quantitative estimate of drug-likeness (QED) is 0.182. The zero-order valence-corrected chi connectivity index (χ0v) is 27.6. The van der Waals surface area contributed by atoms with Gasteiger partial charge in [0.2, 0.25) is 0 Å². The Hall–Kier alpha value is -5.65. The van der Waals surface area contributed by atoms with Crippen molar-refractivity contribution < 1.29 is 0 Å². The molecule has 0 atom stereocenters. The van der Waals surface area contributed by atoms with Crippen LogP contribution in [0.25, 0.3) is 81.8 Å². The normalized spacial score (nSPS) is 11.7. The van der Waals surface area contributed by atoms with E-state index in [0.717, 1.165) is 35.0 Å². The van der Waals surface area contributed by atoms with Crippen molar-refractivity contribution in [2.75, 3.05) is 0 Å². The number of rotatable bonds is 6. The fourth-order valence-electron chi connectivity index (χ4n) is 6.86. The molecule has 0 fully saturated rings. The van der Waals surface area contributed by atoms with Crippen molar-refractivity contribution in [3.8, 4) is 39.9 Å². The van der Waals surface area contributed by atoms with Gasteiger partial charge in [-0.3, -0.25) is 0 Å². The van der Waals surface area contributed by atoms with E-state index in [0.29, 0.717) is 17.5 Å². The molecule has 0 N–H and O–H groups in total. The molecule has 0 aliphatic carbocycles. The van der Waals surface area contributed by atoms with Gasteiger partial charge in [0.05, 0.1) is 16.7 Å². The largest absolute Gasteiger partial charge is 0.309 e. The van der Waals surface area contributed by atoms with Crippen LogP contribution in [0.15, 0.2) is 133 Å². The summed E-state index contributed by atoms with van der Waals surface area (Å²) in [5, 5.41) is 4.95. The van der Waals surface area contributed by atoms with Gasteiger partial charge >= 0.3 is 0 Å². The van der Waals surface area contributed by atoms with Crippen LogP contribution in [0.1, 0.15) is 25.0 Å². The number of aromatic nitrogens is 4. The van der Waals surface area contributed by atoms with Gasteiger partial charge in [-0.05, 0) is 66.4 Å². The lowest BCUT2D eigenvalue weighted by atomic mass is 10.1. The number of nitrogens with zero attached hydrogens (tertiary/aromatic N) is 4. The van der Waals surface area contributed by atoms with Crippen LogP contribution in [0.5, 0.6) is 0 Å². The van der Waals surface area contributed by atoms with E-state index < -0.39 is 0 Å². The second-order valence-electron chi connectivity index (χ2n) is 12.2. The molecule has 0 saturated carbocycles. The van der Waals surface area contributed by atoms with Crippen molar-refractivity contribution in [1.29, 1.82) is 0 Å². The summed E-state index contributed by atoms with van der Waals surface area (Å²) < 4.78 is 5.02. The smallest absolute Gasteiger partial charge is 0.164 e. The van der Waals surface area contributed by atoms with E-state index in [-0.39, 0.29) is 0 Å². The third kappa shape index (κ3) is 4.70. The van der Waals surface area contributed by atoms with Gasteiger partial charge in [-0.25, -0.2) is 15.0 Å². The first-order chi connectivity index (χ1) is 23.7. The highest BCUT2D eigenvalue weighted by Crippen LogP contribution is 2.41. The van der Waals surface area contributed by atoms with Crippen LogP contribution in [0, 0.1) is 0 Å². The van der Waals surface area contributed by atoms with Crippen LogP contribution in [-0.2, 0) is 12.8 Å². The van der Waals surface area contributed by atoms with E-state index in [1.165, 1.54) is 53.3 Å². The third-order valence-electron chi connectivity index (χ3n) is 9.43. The first-order valence-electron chi connectivity index (χ1n) is 16.6. The van der Waals surface area contributed by atoms with Crippen molar-refractivity contribution in [3.63, 3.8) is 0 Å². The Bertz CT molecular complexity index is 2560. The Morgan fingerprint density at radius 2 is 1.02 bits per heavy atom. The Morgan fingerprint density at radius 1 is 0.479 bits per heavy atom. The molecule has 48 heavy (non-hydrogen) atoms. The maximum absolute atomic E-state index is 5.08. The summed E-state index contributed by atoms with van der Waals surface area (Å²) in [4.78, 5) is 15.2. The van der Waals surface area contributed by atoms with Crippen LogP contribution in [0.2, 0.25) is 0 Å². The number of hydrogen-bond acceptors (Lipinski definition) is 4. The summed E-state index contributed by atoms with van der Waals surface area (Å²) >= 11 is 1.85. The summed E-state index contributed by atoms with van der Waals surface area (Å²) in [6.07, 6.45) is 1.98. The van der Waals surface area contributed by atoms with Gasteiger partial charge in [0.1, 0.15) is 0 Å². The highest BCUT2D eigenvalue weighted by atomic mass is 32.1. The summed E-state index contributed by atoms with van der Waals surface area (Å²) in [5.74, 6) is 2.02. The van der Waals surface area contributed by atoms with E-state index in [4.69, 9.17) is 15.0 Å². The van der Waals surface area contributed by atoms with E-state index in [2.05, 4.69) is 152 Å². The monoisotopic (exact) mass is 636 g/mol. The first-order valence-corrected chi connectivity index (χ1v) is 17.4. The molecule has 230 valence electrons. The fourth-order valence-corrected chi connectivity index (χ4v) is 7.98. The minimum absolute atomic E-state index is 0.666. The van der Waals surface area contributed by atoms with Crippen LogP contribution in [-0.4, -0.2) is 19.5 Å². The maximum Gasteiger partial charge on any atom is 0.164 e. The van der Waals surface area contributed by atoms with Gasteiger partial charge in [0.15, 0.2) is 17.5 Å². The number of hydrogen-bond donors (Lipinski definition) is 0. The zero-order chi connectivity index (χ0) is 32.2. The van der Waals surface area contributed by atoms with E-state index in [9.17, 15) is 0 Å². The second-order valence-corrected chi connectivity index (χ2v) is 13.3. The van der Waals surface area contributed by atoms with Gasteiger partial charge in [-0.1, -0.05) is 105 Å². The van der Waals surface area contributed by atoms with Crippen LogP contribution in [0.4, 0.5) is 0 Å². The number of para-hydroxylation sites is 1. The average molecular weight is 637 g/mol. The molecule has 0 amide bonds. The maximum atomic E-state index is 5.08. The molecule has 3 aromatic heterocycles. The highest BCUT2D eigenvalue weighted by Gasteiger charge is 2.19. The molecular formula is C43H32N4S. The molecular weight excluding hydrogens is 605 g/mol. The molecule has 0 saturated heterocycles. The summed E-state index contributed by atoms with van der Waals surface area (Å²) in [6, 6.07) is 47.8. The molecule has 9 aromatic rings. The van der Waals surface area contributed by atoms with Gasteiger partial charge in [-0.15, -0.1) is 11.3 Å². The predicted octanol–water partition coefficient (Wildman–Crippen LogP) is 11.5. The van der Waals surface area contributed by atoms with Crippen molar-refractivity contribution in [2.45, 2.75) is 26.7 Å². The lowest BCUT2D eigenvalue weighted by Crippen LogP contribution is -2.00. The molecule has 0 aliphatic heterocycles. The van der Waals surface area contributed by atoms with Crippen LogP contribution >= 0.6 is 11.3 Å².